The van der Waals surface area contributed by atoms with Crippen molar-refractivity contribution in [2.24, 2.45) is 5.73 Å². The molecule has 7 heteroatoms. The molecule has 2 aromatic carbocycles. The molecule has 0 aromatic heterocycles. The summed E-state index contributed by atoms with van der Waals surface area (Å²) in [5, 5.41) is 2.40. The van der Waals surface area contributed by atoms with Crippen molar-refractivity contribution in [3.63, 3.8) is 0 Å². The van der Waals surface area contributed by atoms with E-state index in [1.807, 2.05) is 0 Å². The van der Waals surface area contributed by atoms with Crippen LogP contribution in [0, 0.1) is 11.6 Å². The van der Waals surface area contributed by atoms with Crippen LogP contribution >= 0.6 is 15.9 Å². The molecule has 0 fully saturated rings. The Bertz CT molecular complexity index is 732. The first-order valence-corrected chi connectivity index (χ1v) is 7.46. The number of halogens is 3. The number of primary amides is 1. The first-order chi connectivity index (χ1) is 10.9. The Hall–Kier alpha value is -2.28. The fourth-order valence-electron chi connectivity index (χ4n) is 2.03. The highest BCUT2D eigenvalue weighted by Crippen LogP contribution is 2.18. The number of nitrogens with one attached hydrogen (secondary N) is 1. The molecule has 3 N–H and O–H groups in total. The number of rotatable bonds is 5. The van der Waals surface area contributed by atoms with E-state index in [2.05, 4.69) is 21.2 Å². The van der Waals surface area contributed by atoms with Crippen molar-refractivity contribution < 1.29 is 18.4 Å². The molecule has 0 aliphatic heterocycles. The van der Waals surface area contributed by atoms with Gasteiger partial charge in [0.05, 0.1) is 0 Å². The topological polar surface area (TPSA) is 72.2 Å². The lowest BCUT2D eigenvalue weighted by atomic mass is 10.0. The Labute approximate surface area is 139 Å². The molecule has 0 saturated carbocycles. The molecule has 120 valence electrons. The van der Waals surface area contributed by atoms with Gasteiger partial charge in [-0.05, 0) is 23.8 Å². The van der Waals surface area contributed by atoms with E-state index >= 15 is 0 Å². The molecule has 2 rings (SSSR count). The van der Waals surface area contributed by atoms with Crippen LogP contribution < -0.4 is 11.1 Å². The summed E-state index contributed by atoms with van der Waals surface area (Å²) < 4.78 is 27.1. The molecule has 0 radical (unpaired) electrons. The third-order valence-electron chi connectivity index (χ3n) is 3.16. The highest BCUT2D eigenvalue weighted by molar-refractivity contribution is 9.10. The van der Waals surface area contributed by atoms with Crippen LogP contribution in [0.15, 0.2) is 46.9 Å². The van der Waals surface area contributed by atoms with Gasteiger partial charge in [0.25, 0.3) is 5.91 Å². The normalized spacial score (nSPS) is 11.8. The van der Waals surface area contributed by atoms with Crippen molar-refractivity contribution in [2.75, 3.05) is 0 Å². The minimum Gasteiger partial charge on any atom is -0.368 e. The summed E-state index contributed by atoms with van der Waals surface area (Å²) in [6.45, 7) is 0. The molecule has 2 amide bonds. The molecular formula is C16H13BrF2N2O2. The minimum absolute atomic E-state index is 0.153. The zero-order chi connectivity index (χ0) is 17.0. The number of amides is 2. The Balaban J connectivity index is 2.18. The molecule has 0 spiro atoms. The number of carbonyl (C=O) groups is 2. The summed E-state index contributed by atoms with van der Waals surface area (Å²) in [6, 6.07) is 8.56. The molecule has 23 heavy (non-hydrogen) atoms. The molecule has 4 nitrogen and oxygen atoms in total. The smallest absolute Gasteiger partial charge is 0.252 e. The summed E-state index contributed by atoms with van der Waals surface area (Å²) in [7, 11) is 0. The molecule has 2 aromatic rings. The van der Waals surface area contributed by atoms with Gasteiger partial charge in [-0.25, -0.2) is 8.78 Å². The van der Waals surface area contributed by atoms with Gasteiger partial charge in [-0.1, -0.05) is 34.1 Å². The molecular weight excluding hydrogens is 370 g/mol. The van der Waals surface area contributed by atoms with Crippen molar-refractivity contribution in [3.05, 3.63) is 69.7 Å². The molecule has 0 saturated heterocycles. The predicted octanol–water partition coefficient (Wildman–Crippen LogP) is 2.55. The summed E-state index contributed by atoms with van der Waals surface area (Å²) in [5.41, 5.74) is 5.85. The van der Waals surface area contributed by atoms with Crippen LogP contribution in [0.1, 0.15) is 15.9 Å². The van der Waals surface area contributed by atoms with Gasteiger partial charge in [-0.3, -0.25) is 9.59 Å². The van der Waals surface area contributed by atoms with Crippen molar-refractivity contribution in [1.29, 1.82) is 0 Å². The molecule has 0 aliphatic carbocycles. The van der Waals surface area contributed by atoms with E-state index in [0.29, 0.717) is 6.07 Å². The van der Waals surface area contributed by atoms with E-state index < -0.39 is 29.5 Å². The average molecular weight is 383 g/mol. The second-order valence-corrected chi connectivity index (χ2v) is 5.74. The van der Waals surface area contributed by atoms with Gasteiger partial charge >= 0.3 is 0 Å². The lowest BCUT2D eigenvalue weighted by Gasteiger charge is -2.16. The first-order valence-electron chi connectivity index (χ1n) is 6.66. The molecule has 0 aliphatic rings. The van der Waals surface area contributed by atoms with Crippen LogP contribution in [0.3, 0.4) is 0 Å². The fourth-order valence-corrected chi connectivity index (χ4v) is 2.48. The Kier molecular flexibility index (Phi) is 5.44. The standard InChI is InChI=1S/C16H13BrF2N2O2/c17-13-4-2-1-3-9(13)7-14(15(20)22)21-16(23)10-5-11(18)8-12(19)6-10/h1-6,8,14H,7H2,(H2,20,22)(H,21,23)/t14-/m1/s1. The number of nitrogens with two attached hydrogens (primary N) is 1. The molecule has 0 heterocycles. The van der Waals surface area contributed by atoms with Crippen molar-refractivity contribution in [2.45, 2.75) is 12.5 Å². The van der Waals surface area contributed by atoms with Gasteiger partial charge in [0, 0.05) is 22.5 Å². The van der Waals surface area contributed by atoms with E-state index in [9.17, 15) is 18.4 Å². The summed E-state index contributed by atoms with van der Waals surface area (Å²) in [5.74, 6) is -3.28. The lowest BCUT2D eigenvalue weighted by molar-refractivity contribution is -0.119. The van der Waals surface area contributed by atoms with E-state index in [4.69, 9.17) is 5.73 Å². The molecule has 0 bridgehead atoms. The maximum atomic E-state index is 13.2. The Morgan fingerprint density at radius 1 is 1.13 bits per heavy atom. The quantitative estimate of drug-likeness (QED) is 0.833. The van der Waals surface area contributed by atoms with Crippen LogP contribution in [-0.2, 0) is 11.2 Å². The minimum atomic E-state index is -1.01. The first kappa shape index (κ1) is 17.1. The predicted molar refractivity (Wildman–Crippen MR) is 84.7 cm³/mol. The third-order valence-corrected chi connectivity index (χ3v) is 3.93. The second-order valence-electron chi connectivity index (χ2n) is 4.88. The highest BCUT2D eigenvalue weighted by atomic mass is 79.9. The number of hydrogen-bond donors (Lipinski definition) is 2. The van der Waals surface area contributed by atoms with Crippen molar-refractivity contribution in [1.82, 2.24) is 5.32 Å². The van der Waals surface area contributed by atoms with Crippen LogP contribution in [-0.4, -0.2) is 17.9 Å². The highest BCUT2D eigenvalue weighted by Gasteiger charge is 2.21. The largest absolute Gasteiger partial charge is 0.368 e. The van der Waals surface area contributed by atoms with Crippen LogP contribution in [0.5, 0.6) is 0 Å². The monoisotopic (exact) mass is 382 g/mol. The Morgan fingerprint density at radius 3 is 2.30 bits per heavy atom. The maximum Gasteiger partial charge on any atom is 0.252 e. The maximum absolute atomic E-state index is 13.2. The summed E-state index contributed by atoms with van der Waals surface area (Å²) in [4.78, 5) is 23.6. The Morgan fingerprint density at radius 2 is 1.74 bits per heavy atom. The van der Waals surface area contributed by atoms with Crippen molar-refractivity contribution >= 4 is 27.7 Å². The zero-order valence-electron chi connectivity index (χ0n) is 11.9. The van der Waals surface area contributed by atoms with Gasteiger partial charge in [0.15, 0.2) is 0 Å². The fraction of sp³-hybridized carbons (Fsp3) is 0.125. The third kappa shape index (κ3) is 4.59. The molecule has 1 atom stereocenters. The number of benzene rings is 2. The van der Waals surface area contributed by atoms with Crippen molar-refractivity contribution in [3.8, 4) is 0 Å². The van der Waals surface area contributed by atoms with E-state index in [-0.39, 0.29) is 12.0 Å². The van der Waals surface area contributed by atoms with E-state index in [0.717, 1.165) is 22.2 Å². The van der Waals surface area contributed by atoms with Gasteiger partial charge in [-0.15, -0.1) is 0 Å². The van der Waals surface area contributed by atoms with Gasteiger partial charge in [-0.2, -0.15) is 0 Å². The van der Waals surface area contributed by atoms with Crippen LogP contribution in [0.4, 0.5) is 8.78 Å². The summed E-state index contributed by atoms with van der Waals surface area (Å²) >= 11 is 3.34. The average Bonchev–Trinajstić information content (AvgIpc) is 2.47. The summed E-state index contributed by atoms with van der Waals surface area (Å²) in [6.07, 6.45) is 0.153. The zero-order valence-corrected chi connectivity index (χ0v) is 13.4. The number of hydrogen-bond acceptors (Lipinski definition) is 2. The second kappa shape index (κ2) is 7.32. The van der Waals surface area contributed by atoms with Gasteiger partial charge in [0.1, 0.15) is 17.7 Å². The van der Waals surface area contributed by atoms with Gasteiger partial charge < -0.3 is 11.1 Å². The lowest BCUT2D eigenvalue weighted by Crippen LogP contribution is -2.46. The van der Waals surface area contributed by atoms with Crippen LogP contribution in [0.2, 0.25) is 0 Å². The molecule has 0 unspecified atom stereocenters. The van der Waals surface area contributed by atoms with E-state index in [1.54, 1.807) is 24.3 Å². The SMILES string of the molecule is NC(=O)[C@@H](Cc1ccccc1Br)NC(=O)c1cc(F)cc(F)c1. The number of carbonyl (C=O) groups excluding carboxylic acids is 2. The van der Waals surface area contributed by atoms with Crippen LogP contribution in [0.25, 0.3) is 0 Å². The van der Waals surface area contributed by atoms with Gasteiger partial charge in [0.2, 0.25) is 5.91 Å². The van der Waals surface area contributed by atoms with E-state index in [1.165, 1.54) is 0 Å².